The van der Waals surface area contributed by atoms with E-state index < -0.39 is 10.9 Å². The monoisotopic (exact) mass is 430 g/mol. The van der Waals surface area contributed by atoms with E-state index in [0.717, 1.165) is 5.70 Å². The van der Waals surface area contributed by atoms with Crippen molar-refractivity contribution in [3.63, 3.8) is 0 Å². The Bertz CT molecular complexity index is 829. The van der Waals surface area contributed by atoms with Crippen LogP contribution in [0, 0.1) is 10.1 Å². The third kappa shape index (κ3) is 7.18. The first-order chi connectivity index (χ1) is 14.9. The Morgan fingerprint density at radius 2 is 2.00 bits per heavy atom. The molecule has 1 fully saturated rings. The summed E-state index contributed by atoms with van der Waals surface area (Å²) in [6.07, 6.45) is 4.54. The second-order valence-corrected chi connectivity index (χ2v) is 7.78. The number of nitrogens with zero attached hydrogens (tertiary/aromatic N) is 2. The molecule has 0 aromatic heterocycles. The van der Waals surface area contributed by atoms with Gasteiger partial charge in [0.2, 0.25) is 0 Å². The number of nitrogens with one attached hydrogen (secondary N) is 2. The number of methoxy groups -OCH3 is 1. The molecule has 1 unspecified atom stereocenters. The van der Waals surface area contributed by atoms with Crippen LogP contribution >= 0.6 is 0 Å². The topological polar surface area (TPSA) is 96.7 Å². The predicted octanol–water partition coefficient (Wildman–Crippen LogP) is 3.32. The molecule has 1 aromatic carbocycles. The largest absolute Gasteiger partial charge is 0.466 e. The zero-order valence-electron chi connectivity index (χ0n) is 18.9. The molecule has 2 aliphatic rings. The molecule has 8 nitrogen and oxygen atoms in total. The van der Waals surface area contributed by atoms with Gasteiger partial charge < -0.3 is 20.3 Å². The number of allylic oxidation sites excluding steroid dienone is 3. The lowest BCUT2D eigenvalue weighted by molar-refractivity contribution is -0.384. The number of piperazine rings is 1. The number of nitro groups is 1. The van der Waals surface area contributed by atoms with E-state index in [2.05, 4.69) is 22.5 Å². The average Bonchev–Trinajstić information content (AvgIpc) is 2.78. The Morgan fingerprint density at radius 3 is 2.61 bits per heavy atom. The first kappa shape index (κ1) is 24.6. The van der Waals surface area contributed by atoms with Crippen molar-refractivity contribution in [2.24, 2.45) is 0 Å². The standard InChI is InChI=1S/C15H16N2O4.C8H18N2/c1-9-7-13(14(10(2)16-9)15(18)21-3)11-5-4-6-12(8-11)17(19)20;1-2-3-6-10-7-4-9-5-8-10/h4-8,13,16H,1-3H3;9H,2-8H2,1H3. The van der Waals surface area contributed by atoms with Gasteiger partial charge in [0.1, 0.15) is 0 Å². The molecule has 2 aliphatic heterocycles. The fourth-order valence-corrected chi connectivity index (χ4v) is 3.77. The summed E-state index contributed by atoms with van der Waals surface area (Å²) in [7, 11) is 1.32. The first-order valence-electron chi connectivity index (χ1n) is 10.8. The van der Waals surface area contributed by atoms with Crippen molar-refractivity contribution in [2.75, 3.05) is 39.8 Å². The van der Waals surface area contributed by atoms with Crippen LogP contribution in [0.1, 0.15) is 45.1 Å². The van der Waals surface area contributed by atoms with Crippen LogP contribution in [0.15, 0.2) is 47.3 Å². The van der Waals surface area contributed by atoms with Crippen molar-refractivity contribution in [1.29, 1.82) is 0 Å². The van der Waals surface area contributed by atoms with E-state index in [1.807, 2.05) is 13.0 Å². The lowest BCUT2D eigenvalue weighted by Crippen LogP contribution is -2.43. The van der Waals surface area contributed by atoms with Crippen LogP contribution in [-0.4, -0.2) is 55.6 Å². The van der Waals surface area contributed by atoms with Crippen LogP contribution in [0.5, 0.6) is 0 Å². The van der Waals surface area contributed by atoms with E-state index >= 15 is 0 Å². The van der Waals surface area contributed by atoms with Gasteiger partial charge in [0.25, 0.3) is 5.69 Å². The van der Waals surface area contributed by atoms with Gasteiger partial charge >= 0.3 is 5.97 Å². The highest BCUT2D eigenvalue weighted by Gasteiger charge is 2.28. The van der Waals surface area contributed by atoms with E-state index in [9.17, 15) is 14.9 Å². The SMILES string of the molecule is CCCCN1CCNCC1.COC(=O)C1=C(C)NC(C)=CC1c1cccc([N+](=O)[O-])c1. The molecular weight excluding hydrogens is 396 g/mol. The van der Waals surface area contributed by atoms with Gasteiger partial charge in [-0.25, -0.2) is 4.79 Å². The summed E-state index contributed by atoms with van der Waals surface area (Å²) in [6.45, 7) is 12.1. The fourth-order valence-electron chi connectivity index (χ4n) is 3.77. The zero-order valence-corrected chi connectivity index (χ0v) is 18.9. The minimum absolute atomic E-state index is 0.000968. The van der Waals surface area contributed by atoms with Gasteiger partial charge in [-0.1, -0.05) is 31.6 Å². The smallest absolute Gasteiger partial charge is 0.336 e. The minimum atomic E-state index is -0.449. The third-order valence-corrected chi connectivity index (χ3v) is 5.40. The average molecular weight is 431 g/mol. The molecule has 2 heterocycles. The Morgan fingerprint density at radius 1 is 1.29 bits per heavy atom. The normalized spacial score (nSPS) is 19.0. The van der Waals surface area contributed by atoms with Crippen LogP contribution in [0.4, 0.5) is 5.69 Å². The van der Waals surface area contributed by atoms with Crippen molar-refractivity contribution >= 4 is 11.7 Å². The number of rotatable bonds is 6. The lowest BCUT2D eigenvalue weighted by atomic mass is 9.86. The first-order valence-corrected chi connectivity index (χ1v) is 10.8. The van der Waals surface area contributed by atoms with Crippen molar-refractivity contribution in [3.8, 4) is 0 Å². The molecule has 0 radical (unpaired) electrons. The van der Waals surface area contributed by atoms with Crippen molar-refractivity contribution < 1.29 is 14.5 Å². The molecule has 31 heavy (non-hydrogen) atoms. The van der Waals surface area contributed by atoms with E-state index in [1.54, 1.807) is 19.1 Å². The number of non-ortho nitro benzene ring substituents is 1. The molecule has 0 bridgehead atoms. The molecule has 2 N–H and O–H groups in total. The van der Waals surface area contributed by atoms with Gasteiger partial charge in [-0.05, 0) is 32.4 Å². The quantitative estimate of drug-likeness (QED) is 0.406. The number of hydrogen-bond donors (Lipinski definition) is 2. The Hall–Kier alpha value is -2.71. The highest BCUT2D eigenvalue weighted by molar-refractivity contribution is 5.92. The maximum atomic E-state index is 12.0. The fraction of sp³-hybridized carbons (Fsp3) is 0.522. The summed E-state index contributed by atoms with van der Waals surface area (Å²) in [4.78, 5) is 25.0. The molecule has 170 valence electrons. The second kappa shape index (κ2) is 12.2. The van der Waals surface area contributed by atoms with Gasteiger partial charge in [-0.2, -0.15) is 0 Å². The van der Waals surface area contributed by atoms with Crippen LogP contribution in [0.3, 0.4) is 0 Å². The van der Waals surface area contributed by atoms with Gasteiger partial charge in [-0.15, -0.1) is 0 Å². The maximum absolute atomic E-state index is 12.0. The maximum Gasteiger partial charge on any atom is 0.336 e. The van der Waals surface area contributed by atoms with E-state index in [0.29, 0.717) is 16.8 Å². The lowest BCUT2D eigenvalue weighted by Gasteiger charge is -2.26. The van der Waals surface area contributed by atoms with Gasteiger partial charge in [0, 0.05) is 55.6 Å². The van der Waals surface area contributed by atoms with Gasteiger partial charge in [0.15, 0.2) is 0 Å². The number of esters is 1. The number of benzene rings is 1. The van der Waals surface area contributed by atoms with Crippen LogP contribution < -0.4 is 10.6 Å². The van der Waals surface area contributed by atoms with Crippen LogP contribution in [0.25, 0.3) is 0 Å². The highest BCUT2D eigenvalue weighted by atomic mass is 16.6. The Balaban J connectivity index is 0.000000285. The van der Waals surface area contributed by atoms with Crippen LogP contribution in [0.2, 0.25) is 0 Å². The van der Waals surface area contributed by atoms with Crippen LogP contribution in [-0.2, 0) is 9.53 Å². The molecule has 1 saturated heterocycles. The molecule has 0 saturated carbocycles. The minimum Gasteiger partial charge on any atom is -0.466 e. The van der Waals surface area contributed by atoms with Crippen molar-refractivity contribution in [2.45, 2.75) is 39.5 Å². The predicted molar refractivity (Wildman–Crippen MR) is 122 cm³/mol. The number of ether oxygens (including phenoxy) is 1. The van der Waals surface area contributed by atoms with E-state index in [4.69, 9.17) is 4.74 Å². The molecule has 0 amide bonds. The second-order valence-electron chi connectivity index (χ2n) is 7.78. The van der Waals surface area contributed by atoms with Crippen molar-refractivity contribution in [3.05, 3.63) is 63.0 Å². The number of hydrogen-bond acceptors (Lipinski definition) is 7. The summed E-state index contributed by atoms with van der Waals surface area (Å²) in [5.74, 6) is -0.807. The third-order valence-electron chi connectivity index (χ3n) is 5.40. The van der Waals surface area contributed by atoms with Gasteiger partial charge in [-0.3, -0.25) is 10.1 Å². The zero-order chi connectivity index (χ0) is 22.8. The number of carbonyl (C=O) groups is 1. The van der Waals surface area contributed by atoms with E-state index in [-0.39, 0.29) is 11.6 Å². The molecule has 8 heteroatoms. The highest BCUT2D eigenvalue weighted by Crippen LogP contribution is 2.34. The summed E-state index contributed by atoms with van der Waals surface area (Å²) < 4.78 is 4.82. The molecule has 0 aliphatic carbocycles. The Kier molecular flexibility index (Phi) is 9.68. The number of nitro benzene ring substituents is 1. The Labute approximate surface area is 184 Å². The molecular formula is C23H34N4O4. The number of carbonyl (C=O) groups excluding carboxylic acids is 1. The summed E-state index contributed by atoms with van der Waals surface area (Å²) in [5.41, 5.74) is 2.72. The summed E-state index contributed by atoms with van der Waals surface area (Å²) in [6, 6.07) is 6.29. The molecule has 0 spiro atoms. The molecule has 3 rings (SSSR count). The summed E-state index contributed by atoms with van der Waals surface area (Å²) >= 11 is 0. The van der Waals surface area contributed by atoms with Crippen molar-refractivity contribution in [1.82, 2.24) is 15.5 Å². The number of unbranched alkanes of at least 4 members (excludes halogenated alkanes) is 1. The van der Waals surface area contributed by atoms with Gasteiger partial charge in [0.05, 0.1) is 17.6 Å². The number of dihydropyridines is 1. The summed E-state index contributed by atoms with van der Waals surface area (Å²) in [5, 5.41) is 17.3. The van der Waals surface area contributed by atoms with E-state index in [1.165, 1.54) is 64.8 Å². The molecule has 1 aromatic rings. The molecule has 1 atom stereocenters.